The Hall–Kier alpha value is -0.570. The van der Waals surface area contributed by atoms with E-state index in [1.165, 1.54) is 25.7 Å². The van der Waals surface area contributed by atoms with Crippen LogP contribution in [0.4, 0.5) is 0 Å². The van der Waals surface area contributed by atoms with Gasteiger partial charge in [0.05, 0.1) is 0 Å². The summed E-state index contributed by atoms with van der Waals surface area (Å²) >= 11 is 0. The fraction of sp³-hybridized carbons (Fsp3) is 0.929. The molecule has 0 aromatic rings. The van der Waals surface area contributed by atoms with Gasteiger partial charge in [0.1, 0.15) is 0 Å². The van der Waals surface area contributed by atoms with Crippen molar-refractivity contribution in [1.82, 2.24) is 10.2 Å². The first-order valence-corrected chi connectivity index (χ1v) is 7.18. The fourth-order valence-corrected chi connectivity index (χ4v) is 3.12. The highest BCUT2D eigenvalue weighted by Gasteiger charge is 2.27. The molecule has 2 saturated heterocycles. The average molecular weight is 238 g/mol. The van der Waals surface area contributed by atoms with Gasteiger partial charge in [-0.1, -0.05) is 13.8 Å². The molecule has 0 aliphatic carbocycles. The van der Waals surface area contributed by atoms with Crippen molar-refractivity contribution >= 4 is 5.91 Å². The first-order valence-electron chi connectivity index (χ1n) is 7.18. The zero-order valence-electron chi connectivity index (χ0n) is 11.2. The number of nitrogens with one attached hydrogen (secondary N) is 1. The monoisotopic (exact) mass is 238 g/mol. The van der Waals surface area contributed by atoms with E-state index >= 15 is 0 Å². The Labute approximate surface area is 105 Å². The number of rotatable bonds is 2. The number of carbonyl (C=O) groups excluding carboxylic acids is 1. The number of hydrogen-bond donors (Lipinski definition) is 1. The van der Waals surface area contributed by atoms with Gasteiger partial charge >= 0.3 is 0 Å². The van der Waals surface area contributed by atoms with Gasteiger partial charge in [-0.25, -0.2) is 0 Å². The number of piperidine rings is 2. The number of hydrogen-bond acceptors (Lipinski definition) is 2. The summed E-state index contributed by atoms with van der Waals surface area (Å²) in [5, 5.41) is 3.50. The van der Waals surface area contributed by atoms with Crippen LogP contribution in [-0.4, -0.2) is 36.5 Å². The summed E-state index contributed by atoms with van der Waals surface area (Å²) in [6, 6.07) is 0.411. The molecule has 0 aromatic carbocycles. The molecule has 2 aliphatic heterocycles. The van der Waals surface area contributed by atoms with Gasteiger partial charge in [0.15, 0.2) is 0 Å². The van der Waals surface area contributed by atoms with Gasteiger partial charge in [-0.15, -0.1) is 0 Å². The lowest BCUT2D eigenvalue weighted by Gasteiger charge is -2.35. The standard InChI is InChI=1S/C14H26N2O/c1-11-5-4-8-16(10-11)14(17)9-13-12(2)6-3-7-15-13/h11-13,15H,3-10H2,1-2H3. The molecule has 3 atom stereocenters. The molecule has 98 valence electrons. The molecule has 0 aromatic heterocycles. The lowest BCUT2D eigenvalue weighted by atomic mass is 9.90. The summed E-state index contributed by atoms with van der Waals surface area (Å²) in [6.45, 7) is 7.55. The molecule has 3 unspecified atom stereocenters. The molecule has 1 N–H and O–H groups in total. The zero-order valence-corrected chi connectivity index (χ0v) is 11.2. The minimum Gasteiger partial charge on any atom is -0.342 e. The van der Waals surface area contributed by atoms with E-state index in [9.17, 15) is 4.79 Å². The quantitative estimate of drug-likeness (QED) is 0.798. The molecule has 17 heavy (non-hydrogen) atoms. The molecule has 2 aliphatic rings. The van der Waals surface area contributed by atoms with Crippen LogP contribution in [0.5, 0.6) is 0 Å². The van der Waals surface area contributed by atoms with E-state index in [0.29, 0.717) is 30.2 Å². The van der Waals surface area contributed by atoms with E-state index in [1.807, 2.05) is 0 Å². The van der Waals surface area contributed by atoms with Crippen LogP contribution in [0.25, 0.3) is 0 Å². The van der Waals surface area contributed by atoms with E-state index < -0.39 is 0 Å². The first-order chi connectivity index (χ1) is 8.16. The van der Waals surface area contributed by atoms with Gasteiger partial charge in [-0.05, 0) is 44.1 Å². The Morgan fingerprint density at radius 2 is 2.12 bits per heavy atom. The van der Waals surface area contributed by atoms with E-state index in [1.54, 1.807) is 0 Å². The lowest BCUT2D eigenvalue weighted by Crippen LogP contribution is -2.46. The van der Waals surface area contributed by atoms with Crippen molar-refractivity contribution in [2.45, 2.75) is 52.0 Å². The normalized spacial score (nSPS) is 34.7. The first kappa shape index (κ1) is 12.9. The SMILES string of the molecule is CC1CCCN(C(=O)CC2NCCCC2C)C1. The van der Waals surface area contributed by atoms with E-state index in [-0.39, 0.29) is 0 Å². The van der Waals surface area contributed by atoms with Crippen LogP contribution in [-0.2, 0) is 4.79 Å². The molecule has 3 heteroatoms. The fourth-order valence-electron chi connectivity index (χ4n) is 3.12. The van der Waals surface area contributed by atoms with Crippen LogP contribution in [0.15, 0.2) is 0 Å². The highest BCUT2D eigenvalue weighted by Crippen LogP contribution is 2.21. The molecule has 3 nitrogen and oxygen atoms in total. The molecule has 2 heterocycles. The van der Waals surface area contributed by atoms with Gasteiger partial charge in [0.2, 0.25) is 5.91 Å². The van der Waals surface area contributed by atoms with Crippen molar-refractivity contribution in [3.05, 3.63) is 0 Å². The summed E-state index contributed by atoms with van der Waals surface area (Å²) < 4.78 is 0. The van der Waals surface area contributed by atoms with E-state index in [2.05, 4.69) is 24.1 Å². The summed E-state index contributed by atoms with van der Waals surface area (Å²) in [7, 11) is 0. The average Bonchev–Trinajstić information content (AvgIpc) is 2.32. The molecular formula is C14H26N2O. The highest BCUT2D eigenvalue weighted by atomic mass is 16.2. The van der Waals surface area contributed by atoms with Gasteiger partial charge < -0.3 is 10.2 Å². The van der Waals surface area contributed by atoms with Crippen molar-refractivity contribution in [3.8, 4) is 0 Å². The minimum absolute atomic E-state index is 0.364. The molecule has 0 spiro atoms. The van der Waals surface area contributed by atoms with Gasteiger partial charge in [-0.3, -0.25) is 4.79 Å². The summed E-state index contributed by atoms with van der Waals surface area (Å²) in [5.41, 5.74) is 0. The second-order valence-electron chi connectivity index (χ2n) is 5.97. The summed E-state index contributed by atoms with van der Waals surface area (Å²) in [6.07, 6.45) is 5.68. The van der Waals surface area contributed by atoms with Crippen LogP contribution < -0.4 is 5.32 Å². The van der Waals surface area contributed by atoms with Gasteiger partial charge in [0, 0.05) is 25.6 Å². The molecule has 0 bridgehead atoms. The van der Waals surface area contributed by atoms with Crippen LogP contribution in [0.2, 0.25) is 0 Å². The molecular weight excluding hydrogens is 212 g/mol. The molecule has 0 radical (unpaired) electrons. The summed E-state index contributed by atoms with van der Waals surface area (Å²) in [4.78, 5) is 14.3. The van der Waals surface area contributed by atoms with Gasteiger partial charge in [0.25, 0.3) is 0 Å². The third-order valence-electron chi connectivity index (χ3n) is 4.33. The maximum Gasteiger partial charge on any atom is 0.224 e. The smallest absolute Gasteiger partial charge is 0.224 e. The predicted molar refractivity (Wildman–Crippen MR) is 69.8 cm³/mol. The highest BCUT2D eigenvalue weighted by molar-refractivity contribution is 5.77. The van der Waals surface area contributed by atoms with Gasteiger partial charge in [-0.2, -0.15) is 0 Å². The van der Waals surface area contributed by atoms with Crippen LogP contribution in [0.3, 0.4) is 0 Å². The van der Waals surface area contributed by atoms with Crippen LogP contribution in [0, 0.1) is 11.8 Å². The Morgan fingerprint density at radius 3 is 2.82 bits per heavy atom. The maximum atomic E-state index is 12.2. The van der Waals surface area contributed by atoms with Crippen LogP contribution >= 0.6 is 0 Å². The Morgan fingerprint density at radius 1 is 1.29 bits per heavy atom. The van der Waals surface area contributed by atoms with E-state index in [0.717, 1.165) is 19.6 Å². The Bertz CT molecular complexity index is 267. The van der Waals surface area contributed by atoms with Crippen molar-refractivity contribution in [3.63, 3.8) is 0 Å². The molecule has 0 saturated carbocycles. The Kier molecular flexibility index (Phi) is 4.43. The largest absolute Gasteiger partial charge is 0.342 e. The summed E-state index contributed by atoms with van der Waals surface area (Å²) in [5.74, 6) is 1.70. The van der Waals surface area contributed by atoms with Crippen molar-refractivity contribution in [2.75, 3.05) is 19.6 Å². The Balaban J connectivity index is 1.83. The molecule has 2 fully saturated rings. The lowest BCUT2D eigenvalue weighted by molar-refractivity contribution is -0.133. The second kappa shape index (κ2) is 5.85. The number of carbonyl (C=O) groups is 1. The number of amides is 1. The third-order valence-corrected chi connectivity index (χ3v) is 4.33. The third kappa shape index (κ3) is 3.44. The molecule has 2 rings (SSSR count). The topological polar surface area (TPSA) is 32.3 Å². The zero-order chi connectivity index (χ0) is 12.3. The second-order valence-corrected chi connectivity index (χ2v) is 5.97. The van der Waals surface area contributed by atoms with Crippen LogP contribution in [0.1, 0.15) is 46.0 Å². The van der Waals surface area contributed by atoms with Crippen molar-refractivity contribution in [2.24, 2.45) is 11.8 Å². The maximum absolute atomic E-state index is 12.2. The predicted octanol–water partition coefficient (Wildman–Crippen LogP) is 2.02. The van der Waals surface area contributed by atoms with Crippen molar-refractivity contribution in [1.29, 1.82) is 0 Å². The van der Waals surface area contributed by atoms with E-state index in [4.69, 9.17) is 0 Å². The van der Waals surface area contributed by atoms with Crippen molar-refractivity contribution < 1.29 is 4.79 Å². The number of nitrogens with zero attached hydrogens (tertiary/aromatic N) is 1. The molecule has 1 amide bonds. The number of likely N-dealkylation sites (tertiary alicyclic amines) is 1. The minimum atomic E-state index is 0.364.